The second kappa shape index (κ2) is 4.25. The van der Waals surface area contributed by atoms with Crippen molar-refractivity contribution >= 4 is 5.97 Å². The Balaban J connectivity index is 1.82. The van der Waals surface area contributed by atoms with Crippen molar-refractivity contribution in [2.75, 3.05) is 26.2 Å². The lowest BCUT2D eigenvalue weighted by Gasteiger charge is -2.46. The fourth-order valence-corrected chi connectivity index (χ4v) is 4.00. The van der Waals surface area contributed by atoms with Crippen molar-refractivity contribution in [3.05, 3.63) is 0 Å². The van der Waals surface area contributed by atoms with E-state index in [9.17, 15) is 9.90 Å². The summed E-state index contributed by atoms with van der Waals surface area (Å²) in [6, 6.07) is 0.528. The number of carbonyl (C=O) groups is 1. The maximum absolute atomic E-state index is 11.8. The third-order valence-electron chi connectivity index (χ3n) is 4.99. The van der Waals surface area contributed by atoms with E-state index in [1.165, 1.54) is 32.2 Å². The minimum atomic E-state index is -0.578. The van der Waals surface area contributed by atoms with E-state index in [2.05, 4.69) is 9.80 Å². The van der Waals surface area contributed by atoms with Gasteiger partial charge in [-0.2, -0.15) is 0 Å². The molecule has 0 saturated carbocycles. The summed E-state index contributed by atoms with van der Waals surface area (Å²) in [5.74, 6) is -0.578. The van der Waals surface area contributed by atoms with E-state index < -0.39 is 11.5 Å². The zero-order valence-corrected chi connectivity index (χ0v) is 10.4. The van der Waals surface area contributed by atoms with Gasteiger partial charge >= 0.3 is 5.97 Å². The number of hydrogen-bond acceptors (Lipinski definition) is 3. The van der Waals surface area contributed by atoms with Gasteiger partial charge in [0.15, 0.2) is 0 Å². The number of aliphatic carboxylic acids is 1. The summed E-state index contributed by atoms with van der Waals surface area (Å²) in [6.07, 6.45) is 6.46. The van der Waals surface area contributed by atoms with Gasteiger partial charge in [0.2, 0.25) is 0 Å². The molecule has 4 nitrogen and oxygen atoms in total. The van der Waals surface area contributed by atoms with Gasteiger partial charge in [-0.3, -0.25) is 9.69 Å². The van der Waals surface area contributed by atoms with E-state index >= 15 is 0 Å². The number of piperidine rings is 1. The van der Waals surface area contributed by atoms with Gasteiger partial charge in [0.05, 0.1) is 0 Å². The number of rotatable bonds is 2. The van der Waals surface area contributed by atoms with Crippen molar-refractivity contribution < 1.29 is 9.90 Å². The fourth-order valence-electron chi connectivity index (χ4n) is 4.00. The first-order valence-electron chi connectivity index (χ1n) is 6.95. The lowest BCUT2D eigenvalue weighted by Crippen LogP contribution is -2.60. The minimum Gasteiger partial charge on any atom is -0.480 e. The molecule has 0 aromatic heterocycles. The topological polar surface area (TPSA) is 43.8 Å². The van der Waals surface area contributed by atoms with Gasteiger partial charge in [-0.15, -0.1) is 0 Å². The number of nitrogens with zero attached hydrogens (tertiary/aromatic N) is 2. The minimum absolute atomic E-state index is 0.528. The first kappa shape index (κ1) is 11.5. The second-order valence-corrected chi connectivity index (χ2v) is 5.82. The molecule has 17 heavy (non-hydrogen) atoms. The average molecular weight is 238 g/mol. The zero-order valence-electron chi connectivity index (χ0n) is 10.4. The van der Waals surface area contributed by atoms with Crippen LogP contribution in [0.15, 0.2) is 0 Å². The van der Waals surface area contributed by atoms with Crippen LogP contribution in [0.2, 0.25) is 0 Å². The Hall–Kier alpha value is -0.610. The van der Waals surface area contributed by atoms with Crippen molar-refractivity contribution in [3.8, 4) is 0 Å². The highest BCUT2D eigenvalue weighted by Crippen LogP contribution is 2.38. The predicted octanol–water partition coefficient (Wildman–Crippen LogP) is 1.16. The molecule has 3 saturated heterocycles. The monoisotopic (exact) mass is 238 g/mol. The fraction of sp³-hybridized carbons (Fsp3) is 0.923. The molecule has 0 spiro atoms. The molecule has 96 valence electrons. The van der Waals surface area contributed by atoms with Crippen LogP contribution in [0, 0.1) is 0 Å². The maximum Gasteiger partial charge on any atom is 0.324 e. The van der Waals surface area contributed by atoms with Crippen LogP contribution in [0.25, 0.3) is 0 Å². The summed E-state index contributed by atoms with van der Waals surface area (Å²) in [7, 11) is 0. The molecule has 3 fully saturated rings. The Bertz CT molecular complexity index is 315. The molecule has 4 heteroatoms. The summed E-state index contributed by atoms with van der Waals surface area (Å²) < 4.78 is 0. The van der Waals surface area contributed by atoms with Crippen LogP contribution in [0.1, 0.15) is 38.5 Å². The Morgan fingerprint density at radius 1 is 1.12 bits per heavy atom. The Morgan fingerprint density at radius 2 is 1.88 bits per heavy atom. The summed E-state index contributed by atoms with van der Waals surface area (Å²) in [6.45, 7) is 4.13. The lowest BCUT2D eigenvalue weighted by molar-refractivity contribution is -0.155. The van der Waals surface area contributed by atoms with Crippen LogP contribution in [0.3, 0.4) is 0 Å². The quantitative estimate of drug-likeness (QED) is 0.784. The summed E-state index contributed by atoms with van der Waals surface area (Å²) in [4.78, 5) is 16.5. The van der Waals surface area contributed by atoms with Crippen molar-refractivity contribution in [2.24, 2.45) is 0 Å². The normalized spacial score (nSPS) is 39.4. The van der Waals surface area contributed by atoms with E-state index in [4.69, 9.17) is 0 Å². The third kappa shape index (κ3) is 1.78. The van der Waals surface area contributed by atoms with Crippen LogP contribution in [0.5, 0.6) is 0 Å². The molecule has 0 aliphatic carbocycles. The molecular weight excluding hydrogens is 216 g/mol. The van der Waals surface area contributed by atoms with Crippen molar-refractivity contribution in [3.63, 3.8) is 0 Å². The lowest BCUT2D eigenvalue weighted by atomic mass is 9.82. The van der Waals surface area contributed by atoms with Crippen LogP contribution in [-0.4, -0.2) is 58.6 Å². The Morgan fingerprint density at radius 3 is 2.59 bits per heavy atom. The summed E-state index contributed by atoms with van der Waals surface area (Å²) in [5.41, 5.74) is -0.540. The number of fused-ring (bicyclic) bond motifs is 1. The number of carboxylic acids is 1. The van der Waals surface area contributed by atoms with Gasteiger partial charge < -0.3 is 10.0 Å². The second-order valence-electron chi connectivity index (χ2n) is 5.82. The highest BCUT2D eigenvalue weighted by atomic mass is 16.4. The van der Waals surface area contributed by atoms with Gasteiger partial charge in [-0.05, 0) is 58.2 Å². The van der Waals surface area contributed by atoms with Gasteiger partial charge in [0.1, 0.15) is 5.54 Å². The number of carboxylic acid groups (broad SMARTS) is 1. The van der Waals surface area contributed by atoms with Gasteiger partial charge in [-0.1, -0.05) is 0 Å². The van der Waals surface area contributed by atoms with E-state index in [0.717, 1.165) is 32.5 Å². The highest BCUT2D eigenvalue weighted by Gasteiger charge is 2.50. The summed E-state index contributed by atoms with van der Waals surface area (Å²) >= 11 is 0. The zero-order chi connectivity index (χ0) is 11.9. The first-order chi connectivity index (χ1) is 8.22. The highest BCUT2D eigenvalue weighted by molar-refractivity contribution is 5.79. The smallest absolute Gasteiger partial charge is 0.324 e. The molecular formula is C13H22N2O2. The maximum atomic E-state index is 11.8. The standard InChI is InChI=1S/C13H22N2O2/c16-12(17)13(15-7-1-2-8-15)5-9-14-6-3-4-11(14)10-13/h11H,1-10H2,(H,16,17). The van der Waals surface area contributed by atoms with Gasteiger partial charge in [0.25, 0.3) is 0 Å². The summed E-state index contributed by atoms with van der Waals surface area (Å²) in [5, 5.41) is 9.71. The van der Waals surface area contributed by atoms with Crippen LogP contribution in [-0.2, 0) is 4.79 Å². The molecule has 1 N–H and O–H groups in total. The van der Waals surface area contributed by atoms with Crippen molar-refractivity contribution in [2.45, 2.75) is 50.1 Å². The van der Waals surface area contributed by atoms with Crippen LogP contribution >= 0.6 is 0 Å². The van der Waals surface area contributed by atoms with Crippen molar-refractivity contribution in [1.82, 2.24) is 9.80 Å². The molecule has 0 amide bonds. The number of hydrogen-bond donors (Lipinski definition) is 1. The Labute approximate surface area is 103 Å². The van der Waals surface area contributed by atoms with Crippen LogP contribution < -0.4 is 0 Å². The van der Waals surface area contributed by atoms with E-state index in [0.29, 0.717) is 6.04 Å². The van der Waals surface area contributed by atoms with Crippen molar-refractivity contribution in [1.29, 1.82) is 0 Å². The Kier molecular flexibility index (Phi) is 2.87. The molecule has 2 unspecified atom stereocenters. The molecule has 0 radical (unpaired) electrons. The third-order valence-corrected chi connectivity index (χ3v) is 4.99. The molecule has 3 heterocycles. The molecule has 0 aromatic carbocycles. The van der Waals surface area contributed by atoms with Crippen LogP contribution in [0.4, 0.5) is 0 Å². The molecule has 0 bridgehead atoms. The molecule has 3 rings (SSSR count). The number of likely N-dealkylation sites (tertiary alicyclic amines) is 1. The molecule has 3 aliphatic rings. The molecule has 2 atom stereocenters. The van der Waals surface area contributed by atoms with E-state index in [1.54, 1.807) is 0 Å². The van der Waals surface area contributed by atoms with E-state index in [-0.39, 0.29) is 0 Å². The van der Waals surface area contributed by atoms with E-state index in [1.807, 2.05) is 0 Å². The SMILES string of the molecule is O=C(O)C1(N2CCCC2)CCN2CCCC2C1. The predicted molar refractivity (Wildman–Crippen MR) is 65.0 cm³/mol. The first-order valence-corrected chi connectivity index (χ1v) is 6.95. The van der Waals surface area contributed by atoms with Gasteiger partial charge in [-0.25, -0.2) is 0 Å². The largest absolute Gasteiger partial charge is 0.480 e. The van der Waals surface area contributed by atoms with Gasteiger partial charge in [0, 0.05) is 12.6 Å². The molecule has 0 aromatic rings. The average Bonchev–Trinajstić information content (AvgIpc) is 2.99. The molecule has 3 aliphatic heterocycles.